The summed E-state index contributed by atoms with van der Waals surface area (Å²) in [6.45, 7) is 0.0805. The number of hydrogen-bond acceptors (Lipinski definition) is 4. The lowest BCUT2D eigenvalue weighted by atomic mass is 10.1. The fraction of sp³-hybridized carbons (Fsp3) is 0.308. The Morgan fingerprint density at radius 3 is 2.71 bits per heavy atom. The van der Waals surface area contributed by atoms with Crippen LogP contribution in [0.4, 0.5) is 0 Å². The molecule has 0 fully saturated rings. The first kappa shape index (κ1) is 11.7. The number of aliphatic hydroxyl groups excluding tert-OH is 1. The van der Waals surface area contributed by atoms with Gasteiger partial charge in [-0.25, -0.2) is 4.98 Å². The molecular weight excluding hydrogens is 218 g/mol. The van der Waals surface area contributed by atoms with Gasteiger partial charge in [0.1, 0.15) is 11.5 Å². The fourth-order valence-electron chi connectivity index (χ4n) is 1.57. The van der Waals surface area contributed by atoms with E-state index in [1.807, 2.05) is 24.3 Å². The fourth-order valence-corrected chi connectivity index (χ4v) is 1.57. The van der Waals surface area contributed by atoms with Gasteiger partial charge in [0.05, 0.1) is 19.9 Å². The van der Waals surface area contributed by atoms with E-state index >= 15 is 0 Å². The number of aromatic nitrogens is 1. The molecular formula is C13H15NO3. The average Bonchev–Trinajstić information content (AvgIpc) is 2.78. The van der Waals surface area contributed by atoms with E-state index in [1.54, 1.807) is 13.3 Å². The van der Waals surface area contributed by atoms with Crippen LogP contribution in [0.5, 0.6) is 5.75 Å². The van der Waals surface area contributed by atoms with Gasteiger partial charge in [-0.15, -0.1) is 0 Å². The van der Waals surface area contributed by atoms with Crippen LogP contribution in [0.2, 0.25) is 0 Å². The van der Waals surface area contributed by atoms with Gasteiger partial charge in [0.25, 0.3) is 0 Å². The molecule has 4 heteroatoms. The van der Waals surface area contributed by atoms with E-state index < -0.39 is 0 Å². The van der Waals surface area contributed by atoms with Gasteiger partial charge in [0.15, 0.2) is 5.89 Å². The molecule has 2 aromatic rings. The van der Waals surface area contributed by atoms with Gasteiger partial charge < -0.3 is 14.3 Å². The molecule has 0 bridgehead atoms. The van der Waals surface area contributed by atoms with E-state index in [4.69, 9.17) is 14.3 Å². The molecule has 17 heavy (non-hydrogen) atoms. The molecule has 0 saturated carbocycles. The predicted octanol–water partition coefficient (Wildman–Crippen LogP) is 1.81. The van der Waals surface area contributed by atoms with Crippen LogP contribution in [0.3, 0.4) is 0 Å². The maximum Gasteiger partial charge on any atom is 0.198 e. The maximum atomic E-state index is 8.77. The SMILES string of the molecule is COc1ccc(Cc2ncc(CCO)o2)cc1. The van der Waals surface area contributed by atoms with E-state index in [-0.39, 0.29) is 6.61 Å². The molecule has 0 aliphatic heterocycles. The number of nitrogens with zero attached hydrogens (tertiary/aromatic N) is 1. The Balaban J connectivity index is 2.03. The number of aliphatic hydroxyl groups is 1. The summed E-state index contributed by atoms with van der Waals surface area (Å²) < 4.78 is 10.6. The summed E-state index contributed by atoms with van der Waals surface area (Å²) >= 11 is 0. The topological polar surface area (TPSA) is 55.5 Å². The molecule has 2 rings (SSSR count). The Morgan fingerprint density at radius 1 is 1.29 bits per heavy atom. The first-order valence-electron chi connectivity index (χ1n) is 5.49. The van der Waals surface area contributed by atoms with E-state index in [9.17, 15) is 0 Å². The standard InChI is InChI=1S/C13H15NO3/c1-16-11-4-2-10(3-5-11)8-13-14-9-12(17-13)6-7-15/h2-5,9,15H,6-8H2,1H3. The summed E-state index contributed by atoms with van der Waals surface area (Å²) in [7, 11) is 1.64. The Kier molecular flexibility index (Phi) is 3.77. The highest BCUT2D eigenvalue weighted by molar-refractivity contribution is 5.28. The molecule has 1 aromatic carbocycles. The van der Waals surface area contributed by atoms with Crippen LogP contribution in [-0.4, -0.2) is 23.8 Å². The molecule has 0 aliphatic rings. The van der Waals surface area contributed by atoms with Gasteiger partial charge >= 0.3 is 0 Å². The highest BCUT2D eigenvalue weighted by atomic mass is 16.5. The van der Waals surface area contributed by atoms with Gasteiger partial charge in [-0.2, -0.15) is 0 Å². The number of benzene rings is 1. The van der Waals surface area contributed by atoms with Crippen molar-refractivity contribution in [2.75, 3.05) is 13.7 Å². The van der Waals surface area contributed by atoms with E-state index in [0.29, 0.717) is 18.7 Å². The number of oxazole rings is 1. The quantitative estimate of drug-likeness (QED) is 0.855. The average molecular weight is 233 g/mol. The summed E-state index contributed by atoms with van der Waals surface area (Å²) in [5.74, 6) is 2.22. The summed E-state index contributed by atoms with van der Waals surface area (Å²) in [4.78, 5) is 4.16. The van der Waals surface area contributed by atoms with Crippen LogP contribution in [0.15, 0.2) is 34.9 Å². The van der Waals surface area contributed by atoms with Gasteiger partial charge in [-0.1, -0.05) is 12.1 Å². The summed E-state index contributed by atoms with van der Waals surface area (Å²) in [6.07, 6.45) is 2.82. The molecule has 90 valence electrons. The molecule has 4 nitrogen and oxygen atoms in total. The van der Waals surface area contributed by atoms with Crippen molar-refractivity contribution in [3.8, 4) is 5.75 Å². The van der Waals surface area contributed by atoms with Crippen molar-refractivity contribution in [1.29, 1.82) is 0 Å². The second-order valence-electron chi connectivity index (χ2n) is 3.72. The largest absolute Gasteiger partial charge is 0.497 e. The van der Waals surface area contributed by atoms with Crippen molar-refractivity contribution >= 4 is 0 Å². The Bertz CT molecular complexity index is 462. The number of rotatable bonds is 5. The predicted molar refractivity (Wildman–Crippen MR) is 63.1 cm³/mol. The second-order valence-corrected chi connectivity index (χ2v) is 3.72. The van der Waals surface area contributed by atoms with Crippen LogP contribution < -0.4 is 4.74 Å². The number of methoxy groups -OCH3 is 1. The van der Waals surface area contributed by atoms with Crippen LogP contribution in [0.1, 0.15) is 17.2 Å². The molecule has 1 heterocycles. The van der Waals surface area contributed by atoms with Crippen LogP contribution in [-0.2, 0) is 12.8 Å². The van der Waals surface area contributed by atoms with E-state index in [2.05, 4.69) is 4.98 Å². The summed E-state index contributed by atoms with van der Waals surface area (Å²) in [5.41, 5.74) is 1.11. The Labute approximate surface area is 99.9 Å². The number of ether oxygens (including phenoxy) is 1. The second kappa shape index (κ2) is 5.50. The monoisotopic (exact) mass is 233 g/mol. The zero-order chi connectivity index (χ0) is 12.1. The van der Waals surface area contributed by atoms with Gasteiger partial charge in [-0.3, -0.25) is 0 Å². The molecule has 1 aromatic heterocycles. The first-order chi connectivity index (χ1) is 8.31. The molecule has 1 N–H and O–H groups in total. The Hall–Kier alpha value is -1.81. The van der Waals surface area contributed by atoms with Crippen LogP contribution in [0.25, 0.3) is 0 Å². The lowest BCUT2D eigenvalue weighted by molar-refractivity contribution is 0.286. The molecule has 0 atom stereocenters. The molecule has 0 radical (unpaired) electrons. The number of hydrogen-bond donors (Lipinski definition) is 1. The van der Waals surface area contributed by atoms with Gasteiger partial charge in [-0.05, 0) is 17.7 Å². The van der Waals surface area contributed by atoms with E-state index in [0.717, 1.165) is 17.1 Å². The van der Waals surface area contributed by atoms with E-state index in [1.165, 1.54) is 0 Å². The third kappa shape index (κ3) is 3.07. The lowest BCUT2D eigenvalue weighted by Gasteiger charge is -2.01. The molecule has 0 saturated heterocycles. The normalized spacial score (nSPS) is 10.5. The molecule has 0 aliphatic carbocycles. The zero-order valence-electron chi connectivity index (χ0n) is 9.72. The minimum absolute atomic E-state index is 0.0805. The lowest BCUT2D eigenvalue weighted by Crippen LogP contribution is -1.89. The third-order valence-corrected chi connectivity index (χ3v) is 2.47. The van der Waals surface area contributed by atoms with Gasteiger partial charge in [0, 0.05) is 12.8 Å². The zero-order valence-corrected chi connectivity index (χ0v) is 9.72. The molecule has 0 spiro atoms. The molecule has 0 amide bonds. The van der Waals surface area contributed by atoms with Crippen molar-refractivity contribution in [3.05, 3.63) is 47.7 Å². The van der Waals surface area contributed by atoms with Crippen molar-refractivity contribution in [3.63, 3.8) is 0 Å². The van der Waals surface area contributed by atoms with Crippen molar-refractivity contribution < 1.29 is 14.3 Å². The van der Waals surface area contributed by atoms with Crippen molar-refractivity contribution in [1.82, 2.24) is 4.98 Å². The smallest absolute Gasteiger partial charge is 0.198 e. The van der Waals surface area contributed by atoms with Crippen molar-refractivity contribution in [2.24, 2.45) is 0 Å². The van der Waals surface area contributed by atoms with Crippen LogP contribution in [0, 0.1) is 0 Å². The first-order valence-corrected chi connectivity index (χ1v) is 5.49. The van der Waals surface area contributed by atoms with Crippen LogP contribution >= 0.6 is 0 Å². The maximum absolute atomic E-state index is 8.77. The highest BCUT2D eigenvalue weighted by Crippen LogP contribution is 2.15. The Morgan fingerprint density at radius 2 is 2.06 bits per heavy atom. The minimum Gasteiger partial charge on any atom is -0.497 e. The highest BCUT2D eigenvalue weighted by Gasteiger charge is 2.04. The molecule has 0 unspecified atom stereocenters. The van der Waals surface area contributed by atoms with Gasteiger partial charge in [0.2, 0.25) is 0 Å². The summed E-state index contributed by atoms with van der Waals surface area (Å²) in [6, 6.07) is 7.78. The van der Waals surface area contributed by atoms with Crippen molar-refractivity contribution in [2.45, 2.75) is 12.8 Å². The summed E-state index contributed by atoms with van der Waals surface area (Å²) in [5, 5.41) is 8.77. The minimum atomic E-state index is 0.0805. The third-order valence-electron chi connectivity index (χ3n) is 2.47.